The van der Waals surface area contributed by atoms with Crippen LogP contribution in [-0.2, 0) is 5.75 Å². The molecule has 106 valence electrons. The molecule has 4 nitrogen and oxygen atoms in total. The number of nitrogens with two attached hydrogens (primary N) is 1. The summed E-state index contributed by atoms with van der Waals surface area (Å²) in [6.07, 6.45) is 0. The summed E-state index contributed by atoms with van der Waals surface area (Å²) in [6, 6.07) is 15.4. The van der Waals surface area contributed by atoms with Crippen molar-refractivity contribution in [1.82, 2.24) is 9.66 Å². The molecule has 0 amide bonds. The van der Waals surface area contributed by atoms with E-state index in [1.54, 1.807) is 6.07 Å². The van der Waals surface area contributed by atoms with Gasteiger partial charge in [-0.15, -0.1) is 0 Å². The maximum absolute atomic E-state index is 12.2. The first-order valence-electron chi connectivity index (χ1n) is 6.61. The fourth-order valence-corrected chi connectivity index (χ4v) is 3.14. The van der Waals surface area contributed by atoms with Crippen molar-refractivity contribution in [1.29, 1.82) is 0 Å². The highest BCUT2D eigenvalue weighted by atomic mass is 32.2. The maximum Gasteiger partial charge on any atom is 0.280 e. The standard InChI is InChI=1S/C16H15N3OS/c1-11-6-2-3-7-12(11)10-21-16-18-14-9-5-4-8-13(14)15(20)19(16)17/h2-9H,10,17H2,1H3. The number of para-hydroxylation sites is 1. The first kappa shape index (κ1) is 13.7. The Morgan fingerprint density at radius 2 is 1.86 bits per heavy atom. The monoisotopic (exact) mass is 297 g/mol. The summed E-state index contributed by atoms with van der Waals surface area (Å²) >= 11 is 1.47. The Bertz CT molecular complexity index is 858. The molecule has 3 rings (SSSR count). The SMILES string of the molecule is Cc1ccccc1CSc1nc2ccccc2c(=O)n1N. The fraction of sp³-hybridized carbons (Fsp3) is 0.125. The highest BCUT2D eigenvalue weighted by Gasteiger charge is 2.09. The van der Waals surface area contributed by atoms with Gasteiger partial charge in [0.2, 0.25) is 0 Å². The number of rotatable bonds is 3. The van der Waals surface area contributed by atoms with Crippen LogP contribution in [0.15, 0.2) is 58.5 Å². The molecule has 2 aromatic carbocycles. The van der Waals surface area contributed by atoms with E-state index in [4.69, 9.17) is 5.84 Å². The first-order valence-corrected chi connectivity index (χ1v) is 7.59. The van der Waals surface area contributed by atoms with Crippen LogP contribution < -0.4 is 11.4 Å². The number of thioether (sulfide) groups is 1. The Hall–Kier alpha value is -2.27. The Kier molecular flexibility index (Phi) is 3.66. The molecule has 0 unspecified atom stereocenters. The third-order valence-electron chi connectivity index (χ3n) is 3.39. The van der Waals surface area contributed by atoms with Crippen LogP contribution in [0.4, 0.5) is 0 Å². The van der Waals surface area contributed by atoms with Gasteiger partial charge in [-0.2, -0.15) is 0 Å². The molecule has 0 fully saturated rings. The number of aryl methyl sites for hydroxylation is 1. The summed E-state index contributed by atoms with van der Waals surface area (Å²) in [7, 11) is 0. The number of hydrogen-bond acceptors (Lipinski definition) is 4. The van der Waals surface area contributed by atoms with Crippen molar-refractivity contribution in [2.45, 2.75) is 17.8 Å². The molecule has 0 aliphatic rings. The minimum Gasteiger partial charge on any atom is -0.334 e. The van der Waals surface area contributed by atoms with Crippen LogP contribution in [0.5, 0.6) is 0 Å². The number of nitrogens with zero attached hydrogens (tertiary/aromatic N) is 2. The molecule has 0 aliphatic heterocycles. The second-order valence-corrected chi connectivity index (χ2v) is 5.74. The third kappa shape index (κ3) is 2.64. The van der Waals surface area contributed by atoms with E-state index in [1.807, 2.05) is 30.3 Å². The van der Waals surface area contributed by atoms with E-state index in [0.717, 1.165) is 10.4 Å². The summed E-state index contributed by atoms with van der Waals surface area (Å²) in [5.41, 5.74) is 2.89. The van der Waals surface area contributed by atoms with Gasteiger partial charge in [-0.25, -0.2) is 9.66 Å². The predicted octanol–water partition coefficient (Wildman–Crippen LogP) is 2.71. The fourth-order valence-electron chi connectivity index (χ4n) is 2.14. The molecule has 21 heavy (non-hydrogen) atoms. The molecular weight excluding hydrogens is 282 g/mol. The van der Waals surface area contributed by atoms with Crippen molar-refractivity contribution in [3.63, 3.8) is 0 Å². The van der Waals surface area contributed by atoms with Gasteiger partial charge in [-0.05, 0) is 30.2 Å². The zero-order chi connectivity index (χ0) is 14.8. The average Bonchev–Trinajstić information content (AvgIpc) is 2.51. The molecule has 0 spiro atoms. The van der Waals surface area contributed by atoms with E-state index < -0.39 is 0 Å². The van der Waals surface area contributed by atoms with Gasteiger partial charge in [0.1, 0.15) is 0 Å². The minimum absolute atomic E-state index is 0.215. The molecule has 5 heteroatoms. The molecule has 0 saturated heterocycles. The molecule has 3 aromatic rings. The van der Waals surface area contributed by atoms with Crippen molar-refractivity contribution >= 4 is 22.7 Å². The van der Waals surface area contributed by atoms with Gasteiger partial charge in [0.15, 0.2) is 5.16 Å². The van der Waals surface area contributed by atoms with Crippen molar-refractivity contribution in [3.05, 3.63) is 70.0 Å². The van der Waals surface area contributed by atoms with Gasteiger partial charge in [0, 0.05) is 5.75 Å². The molecule has 0 aliphatic carbocycles. The molecule has 0 bridgehead atoms. The quantitative estimate of drug-likeness (QED) is 0.459. The van der Waals surface area contributed by atoms with Crippen molar-refractivity contribution < 1.29 is 0 Å². The molecule has 0 atom stereocenters. The normalized spacial score (nSPS) is 10.9. The maximum atomic E-state index is 12.2. The Balaban J connectivity index is 1.96. The lowest BCUT2D eigenvalue weighted by Gasteiger charge is -2.09. The number of aromatic nitrogens is 2. The van der Waals surface area contributed by atoms with E-state index >= 15 is 0 Å². The van der Waals surface area contributed by atoms with E-state index in [1.165, 1.54) is 22.9 Å². The van der Waals surface area contributed by atoms with Crippen LogP contribution in [0.25, 0.3) is 10.9 Å². The van der Waals surface area contributed by atoms with E-state index in [9.17, 15) is 4.79 Å². The summed E-state index contributed by atoms with van der Waals surface area (Å²) in [5.74, 6) is 6.60. The first-order chi connectivity index (χ1) is 10.2. The number of benzene rings is 2. The van der Waals surface area contributed by atoms with Crippen LogP contribution >= 0.6 is 11.8 Å². The largest absolute Gasteiger partial charge is 0.334 e. The lowest BCUT2D eigenvalue weighted by Crippen LogP contribution is -2.29. The Morgan fingerprint density at radius 1 is 1.14 bits per heavy atom. The predicted molar refractivity (Wildman–Crippen MR) is 86.9 cm³/mol. The number of nitrogen functional groups attached to an aromatic ring is 1. The van der Waals surface area contributed by atoms with Gasteiger partial charge < -0.3 is 5.84 Å². The number of fused-ring (bicyclic) bond motifs is 1. The van der Waals surface area contributed by atoms with Crippen molar-refractivity contribution in [2.24, 2.45) is 0 Å². The van der Waals surface area contributed by atoms with E-state index in [0.29, 0.717) is 16.1 Å². The lowest BCUT2D eigenvalue weighted by molar-refractivity contribution is 0.779. The van der Waals surface area contributed by atoms with Crippen LogP contribution in [0.3, 0.4) is 0 Å². The van der Waals surface area contributed by atoms with Crippen molar-refractivity contribution in [2.75, 3.05) is 5.84 Å². The topological polar surface area (TPSA) is 60.9 Å². The van der Waals surface area contributed by atoms with Crippen LogP contribution in [0.1, 0.15) is 11.1 Å². The molecule has 0 radical (unpaired) electrons. The summed E-state index contributed by atoms with van der Waals surface area (Å²) in [6.45, 7) is 2.07. The molecule has 2 N–H and O–H groups in total. The summed E-state index contributed by atoms with van der Waals surface area (Å²) < 4.78 is 1.13. The zero-order valence-corrected chi connectivity index (χ0v) is 12.4. The van der Waals surface area contributed by atoms with Crippen LogP contribution in [0.2, 0.25) is 0 Å². The highest BCUT2D eigenvalue weighted by molar-refractivity contribution is 7.98. The minimum atomic E-state index is -0.215. The molecular formula is C16H15N3OS. The second-order valence-electron chi connectivity index (χ2n) is 4.80. The highest BCUT2D eigenvalue weighted by Crippen LogP contribution is 2.22. The molecule has 1 aromatic heterocycles. The van der Waals surface area contributed by atoms with Crippen LogP contribution in [0, 0.1) is 6.92 Å². The lowest BCUT2D eigenvalue weighted by atomic mass is 10.1. The van der Waals surface area contributed by atoms with E-state index in [-0.39, 0.29) is 5.56 Å². The average molecular weight is 297 g/mol. The zero-order valence-electron chi connectivity index (χ0n) is 11.6. The second kappa shape index (κ2) is 5.61. The van der Waals surface area contributed by atoms with Gasteiger partial charge in [-0.1, -0.05) is 48.2 Å². The van der Waals surface area contributed by atoms with Crippen LogP contribution in [-0.4, -0.2) is 9.66 Å². The van der Waals surface area contributed by atoms with Crippen molar-refractivity contribution in [3.8, 4) is 0 Å². The Morgan fingerprint density at radius 3 is 2.67 bits per heavy atom. The van der Waals surface area contributed by atoms with Gasteiger partial charge in [-0.3, -0.25) is 4.79 Å². The summed E-state index contributed by atoms with van der Waals surface area (Å²) in [4.78, 5) is 16.7. The smallest absolute Gasteiger partial charge is 0.280 e. The molecule has 1 heterocycles. The van der Waals surface area contributed by atoms with E-state index in [2.05, 4.69) is 24.0 Å². The third-order valence-corrected chi connectivity index (χ3v) is 4.39. The summed E-state index contributed by atoms with van der Waals surface area (Å²) in [5, 5.41) is 1.07. The number of hydrogen-bond donors (Lipinski definition) is 1. The van der Waals surface area contributed by atoms with Gasteiger partial charge >= 0.3 is 0 Å². The van der Waals surface area contributed by atoms with Gasteiger partial charge in [0.05, 0.1) is 10.9 Å². The molecule has 0 saturated carbocycles. The van der Waals surface area contributed by atoms with Gasteiger partial charge in [0.25, 0.3) is 5.56 Å². The Labute approximate surface area is 126 Å².